The lowest BCUT2D eigenvalue weighted by molar-refractivity contribution is 0.181. The lowest BCUT2D eigenvalue weighted by Gasteiger charge is -2.11. The monoisotopic (exact) mass is 190 g/mol. The van der Waals surface area contributed by atoms with E-state index >= 15 is 0 Å². The summed E-state index contributed by atoms with van der Waals surface area (Å²) in [6, 6.07) is 8.08. The lowest BCUT2D eigenvalue weighted by Crippen LogP contribution is -2.16. The van der Waals surface area contributed by atoms with Crippen LogP contribution in [0.1, 0.15) is 11.6 Å². The molecule has 0 spiro atoms. The normalized spacial score (nSPS) is 13.3. The molecule has 1 heterocycles. The first-order chi connectivity index (χ1) is 6.83. The van der Waals surface area contributed by atoms with Gasteiger partial charge in [-0.2, -0.15) is 0 Å². The number of hydrogen-bond acceptors (Lipinski definition) is 2. The van der Waals surface area contributed by atoms with Gasteiger partial charge >= 0.3 is 0 Å². The summed E-state index contributed by atoms with van der Waals surface area (Å²) in [7, 11) is 1.66. The molecule has 0 fully saturated rings. The number of hydrogen-bond donors (Lipinski definition) is 2. The molecule has 0 unspecified atom stereocenters. The number of para-hydroxylation sites is 1. The van der Waals surface area contributed by atoms with Gasteiger partial charge in [-0.15, -0.1) is 0 Å². The van der Waals surface area contributed by atoms with E-state index in [0.29, 0.717) is 6.61 Å². The van der Waals surface area contributed by atoms with Crippen LogP contribution in [0.5, 0.6) is 0 Å². The predicted octanol–water partition coefficient (Wildman–Crippen LogP) is 1.81. The number of aromatic amines is 1. The smallest absolute Gasteiger partial charge is 0.0656 e. The minimum absolute atomic E-state index is 0.0673. The Morgan fingerprint density at radius 2 is 2.29 bits per heavy atom. The molecule has 0 saturated heterocycles. The number of aromatic nitrogens is 1. The third kappa shape index (κ3) is 1.52. The molecule has 0 aliphatic carbocycles. The second-order valence-electron chi connectivity index (χ2n) is 3.35. The summed E-state index contributed by atoms with van der Waals surface area (Å²) in [5.41, 5.74) is 8.20. The molecular formula is C11H14N2O. The summed E-state index contributed by atoms with van der Waals surface area (Å²) in [6.07, 6.45) is 1.92. The van der Waals surface area contributed by atoms with Gasteiger partial charge in [0, 0.05) is 13.3 Å². The molecule has 0 bridgehead atoms. The number of methoxy groups -OCH3 is 1. The van der Waals surface area contributed by atoms with Gasteiger partial charge in [0.25, 0.3) is 0 Å². The molecule has 3 N–H and O–H groups in total. The average Bonchev–Trinajstić information content (AvgIpc) is 2.65. The average molecular weight is 190 g/mol. The minimum atomic E-state index is -0.0673. The van der Waals surface area contributed by atoms with Crippen molar-refractivity contribution >= 4 is 10.9 Å². The van der Waals surface area contributed by atoms with Gasteiger partial charge in [-0.25, -0.2) is 0 Å². The topological polar surface area (TPSA) is 51.0 Å². The molecule has 2 aromatic rings. The Bertz CT molecular complexity index is 422. The first kappa shape index (κ1) is 9.24. The first-order valence-corrected chi connectivity index (χ1v) is 4.63. The lowest BCUT2D eigenvalue weighted by atomic mass is 10.1. The second-order valence-corrected chi connectivity index (χ2v) is 3.35. The van der Waals surface area contributed by atoms with Crippen LogP contribution >= 0.6 is 0 Å². The summed E-state index contributed by atoms with van der Waals surface area (Å²) in [5.74, 6) is 0. The fraction of sp³-hybridized carbons (Fsp3) is 0.273. The molecule has 1 aromatic carbocycles. The summed E-state index contributed by atoms with van der Waals surface area (Å²) >= 11 is 0. The standard InChI is InChI=1S/C11H14N2O/c1-14-7-10(12)9-4-2-3-8-5-6-13-11(8)9/h2-6,10,13H,7,12H2,1H3/t10-/m1/s1. The van der Waals surface area contributed by atoms with Crippen LogP contribution in [0.25, 0.3) is 10.9 Å². The molecule has 3 nitrogen and oxygen atoms in total. The molecule has 1 aromatic heterocycles. The first-order valence-electron chi connectivity index (χ1n) is 4.63. The number of ether oxygens (including phenoxy) is 1. The zero-order valence-corrected chi connectivity index (χ0v) is 8.16. The van der Waals surface area contributed by atoms with Crippen LogP contribution in [0.2, 0.25) is 0 Å². The molecule has 0 aliphatic rings. The van der Waals surface area contributed by atoms with Crippen molar-refractivity contribution in [3.63, 3.8) is 0 Å². The number of benzene rings is 1. The van der Waals surface area contributed by atoms with Gasteiger partial charge in [-0.05, 0) is 17.0 Å². The molecule has 74 valence electrons. The van der Waals surface area contributed by atoms with Gasteiger partial charge < -0.3 is 15.5 Å². The van der Waals surface area contributed by atoms with Crippen molar-refractivity contribution in [3.05, 3.63) is 36.0 Å². The zero-order chi connectivity index (χ0) is 9.97. The van der Waals surface area contributed by atoms with Gasteiger partial charge in [-0.1, -0.05) is 18.2 Å². The quantitative estimate of drug-likeness (QED) is 0.775. The molecule has 1 atom stereocenters. The summed E-state index contributed by atoms with van der Waals surface area (Å²) < 4.78 is 5.04. The Balaban J connectivity index is 2.45. The molecular weight excluding hydrogens is 176 g/mol. The summed E-state index contributed by atoms with van der Waals surface area (Å²) in [5, 5.41) is 1.19. The van der Waals surface area contributed by atoms with Gasteiger partial charge in [0.15, 0.2) is 0 Å². The molecule has 2 rings (SSSR count). The molecule has 0 radical (unpaired) electrons. The van der Waals surface area contributed by atoms with E-state index in [4.69, 9.17) is 10.5 Å². The Labute approximate surface area is 82.9 Å². The number of rotatable bonds is 3. The van der Waals surface area contributed by atoms with E-state index in [1.165, 1.54) is 5.39 Å². The Hall–Kier alpha value is -1.32. The highest BCUT2D eigenvalue weighted by Crippen LogP contribution is 2.21. The zero-order valence-electron chi connectivity index (χ0n) is 8.16. The Kier molecular flexibility index (Phi) is 2.52. The van der Waals surface area contributed by atoms with Crippen LogP contribution in [0.3, 0.4) is 0 Å². The number of nitrogens with two attached hydrogens (primary N) is 1. The second kappa shape index (κ2) is 3.82. The number of nitrogens with one attached hydrogen (secondary N) is 1. The van der Waals surface area contributed by atoms with E-state index in [0.717, 1.165) is 11.1 Å². The molecule has 0 saturated carbocycles. The maximum Gasteiger partial charge on any atom is 0.0656 e. The highest BCUT2D eigenvalue weighted by atomic mass is 16.5. The van der Waals surface area contributed by atoms with Crippen molar-refractivity contribution in [1.82, 2.24) is 4.98 Å². The third-order valence-electron chi connectivity index (χ3n) is 2.37. The molecule has 14 heavy (non-hydrogen) atoms. The Morgan fingerprint density at radius 1 is 1.43 bits per heavy atom. The highest BCUT2D eigenvalue weighted by molar-refractivity contribution is 5.82. The molecule has 3 heteroatoms. The SMILES string of the molecule is COC[C@@H](N)c1cccc2cc[nH]c12. The van der Waals surface area contributed by atoms with E-state index in [-0.39, 0.29) is 6.04 Å². The van der Waals surface area contributed by atoms with E-state index in [9.17, 15) is 0 Å². The van der Waals surface area contributed by atoms with E-state index < -0.39 is 0 Å². The highest BCUT2D eigenvalue weighted by Gasteiger charge is 2.09. The van der Waals surface area contributed by atoms with Crippen molar-refractivity contribution in [1.29, 1.82) is 0 Å². The van der Waals surface area contributed by atoms with Crippen LogP contribution in [-0.4, -0.2) is 18.7 Å². The van der Waals surface area contributed by atoms with Gasteiger partial charge in [0.05, 0.1) is 18.2 Å². The van der Waals surface area contributed by atoms with Crippen molar-refractivity contribution in [2.24, 2.45) is 5.73 Å². The van der Waals surface area contributed by atoms with Gasteiger partial charge in [0.1, 0.15) is 0 Å². The fourth-order valence-corrected chi connectivity index (χ4v) is 1.69. The van der Waals surface area contributed by atoms with Gasteiger partial charge in [0.2, 0.25) is 0 Å². The fourth-order valence-electron chi connectivity index (χ4n) is 1.69. The third-order valence-corrected chi connectivity index (χ3v) is 2.37. The van der Waals surface area contributed by atoms with Crippen LogP contribution in [0.15, 0.2) is 30.5 Å². The maximum atomic E-state index is 5.99. The number of H-pyrrole nitrogens is 1. The summed E-state index contributed by atoms with van der Waals surface area (Å²) in [4.78, 5) is 3.19. The largest absolute Gasteiger partial charge is 0.383 e. The van der Waals surface area contributed by atoms with Crippen LogP contribution in [-0.2, 0) is 4.74 Å². The van der Waals surface area contributed by atoms with E-state index in [1.807, 2.05) is 24.4 Å². The number of fused-ring (bicyclic) bond motifs is 1. The van der Waals surface area contributed by atoms with Crippen molar-refractivity contribution in [2.45, 2.75) is 6.04 Å². The maximum absolute atomic E-state index is 5.99. The predicted molar refractivity (Wildman–Crippen MR) is 57.1 cm³/mol. The van der Waals surface area contributed by atoms with E-state index in [1.54, 1.807) is 7.11 Å². The van der Waals surface area contributed by atoms with Crippen molar-refractivity contribution in [3.8, 4) is 0 Å². The molecule has 0 aliphatic heterocycles. The van der Waals surface area contributed by atoms with Crippen molar-refractivity contribution in [2.75, 3.05) is 13.7 Å². The molecule has 0 amide bonds. The van der Waals surface area contributed by atoms with Crippen LogP contribution in [0.4, 0.5) is 0 Å². The van der Waals surface area contributed by atoms with Crippen molar-refractivity contribution < 1.29 is 4.74 Å². The summed E-state index contributed by atoms with van der Waals surface area (Å²) in [6.45, 7) is 0.540. The van der Waals surface area contributed by atoms with Crippen LogP contribution in [0, 0.1) is 0 Å². The minimum Gasteiger partial charge on any atom is -0.383 e. The Morgan fingerprint density at radius 3 is 3.07 bits per heavy atom. The van der Waals surface area contributed by atoms with Crippen LogP contribution < -0.4 is 5.73 Å². The van der Waals surface area contributed by atoms with E-state index in [2.05, 4.69) is 11.1 Å². The van der Waals surface area contributed by atoms with Gasteiger partial charge in [-0.3, -0.25) is 0 Å².